The zero-order chi connectivity index (χ0) is 19.2. The summed E-state index contributed by atoms with van der Waals surface area (Å²) in [4.78, 5) is 24.6. The number of nitrogens with zero attached hydrogens (tertiary/aromatic N) is 1. The average molecular weight is 370 g/mol. The molecule has 25 heavy (non-hydrogen) atoms. The van der Waals surface area contributed by atoms with Gasteiger partial charge in [-0.3, -0.25) is 9.59 Å². The molecule has 1 aromatic rings. The molecular formula is C17H26N2O5S. The van der Waals surface area contributed by atoms with Crippen molar-refractivity contribution in [1.82, 2.24) is 9.62 Å². The number of amides is 1. The largest absolute Gasteiger partial charge is 0.481 e. The van der Waals surface area contributed by atoms with Crippen molar-refractivity contribution in [2.75, 3.05) is 13.6 Å². The first-order chi connectivity index (χ1) is 11.5. The molecule has 140 valence electrons. The molecule has 0 aliphatic carbocycles. The second kappa shape index (κ2) is 8.96. The standard InChI is InChI=1S/C17H26N2O5S/c1-12(2)11-15(17(22)19(4)10-9-16(20)21)18-25(23,24)14-7-5-13(3)6-8-14/h5-8,12,15,18H,9-11H2,1-4H3,(H,20,21). The molecule has 1 unspecified atom stereocenters. The lowest BCUT2D eigenvalue weighted by Gasteiger charge is -2.25. The van der Waals surface area contributed by atoms with Gasteiger partial charge in [-0.15, -0.1) is 0 Å². The van der Waals surface area contributed by atoms with Gasteiger partial charge in [-0.25, -0.2) is 8.42 Å². The van der Waals surface area contributed by atoms with Gasteiger partial charge in [-0.1, -0.05) is 31.5 Å². The van der Waals surface area contributed by atoms with Crippen LogP contribution in [0, 0.1) is 12.8 Å². The van der Waals surface area contributed by atoms with E-state index in [2.05, 4.69) is 4.72 Å². The summed E-state index contributed by atoms with van der Waals surface area (Å²) in [6.45, 7) is 5.65. The quantitative estimate of drug-likeness (QED) is 0.687. The van der Waals surface area contributed by atoms with Gasteiger partial charge in [0.25, 0.3) is 0 Å². The second-order valence-corrected chi connectivity index (χ2v) is 8.23. The lowest BCUT2D eigenvalue weighted by atomic mass is 10.0. The van der Waals surface area contributed by atoms with E-state index in [1.165, 1.54) is 24.1 Å². The summed E-state index contributed by atoms with van der Waals surface area (Å²) in [5.41, 5.74) is 0.933. The molecule has 0 radical (unpaired) electrons. The number of likely N-dealkylation sites (N-methyl/N-ethyl adjacent to an activating group) is 1. The lowest BCUT2D eigenvalue weighted by Crippen LogP contribution is -2.48. The molecule has 0 aliphatic heterocycles. The maximum atomic E-state index is 12.6. The Hall–Kier alpha value is -1.93. The van der Waals surface area contributed by atoms with Crippen LogP contribution in [0.2, 0.25) is 0 Å². The molecule has 0 fully saturated rings. The minimum atomic E-state index is -3.85. The summed E-state index contributed by atoms with van der Waals surface area (Å²) >= 11 is 0. The molecule has 0 spiro atoms. The predicted octanol–water partition coefficient (Wildman–Crippen LogP) is 1.62. The molecule has 1 amide bonds. The van der Waals surface area contributed by atoms with Crippen molar-refractivity contribution in [1.29, 1.82) is 0 Å². The lowest BCUT2D eigenvalue weighted by molar-refractivity contribution is -0.138. The SMILES string of the molecule is Cc1ccc(S(=O)(=O)NC(CC(C)C)C(=O)N(C)CCC(=O)O)cc1. The third-order valence-electron chi connectivity index (χ3n) is 3.67. The highest BCUT2D eigenvalue weighted by atomic mass is 32.2. The minimum Gasteiger partial charge on any atom is -0.481 e. The molecule has 0 aromatic heterocycles. The van der Waals surface area contributed by atoms with E-state index in [1.807, 2.05) is 20.8 Å². The van der Waals surface area contributed by atoms with E-state index in [1.54, 1.807) is 12.1 Å². The Morgan fingerprint density at radius 1 is 1.20 bits per heavy atom. The van der Waals surface area contributed by atoms with Crippen molar-refractivity contribution < 1.29 is 23.1 Å². The zero-order valence-electron chi connectivity index (χ0n) is 15.0. The monoisotopic (exact) mass is 370 g/mol. The van der Waals surface area contributed by atoms with E-state index in [0.717, 1.165) is 5.56 Å². The number of carboxylic acids is 1. The Morgan fingerprint density at radius 2 is 1.76 bits per heavy atom. The van der Waals surface area contributed by atoms with Crippen LogP contribution in [0.15, 0.2) is 29.2 Å². The highest BCUT2D eigenvalue weighted by Gasteiger charge is 2.28. The third-order valence-corrected chi connectivity index (χ3v) is 5.16. The van der Waals surface area contributed by atoms with E-state index >= 15 is 0 Å². The van der Waals surface area contributed by atoms with Crippen molar-refractivity contribution >= 4 is 21.9 Å². The highest BCUT2D eigenvalue weighted by Crippen LogP contribution is 2.14. The number of carboxylic acid groups (broad SMARTS) is 1. The first-order valence-corrected chi connectivity index (χ1v) is 9.57. The van der Waals surface area contributed by atoms with Crippen LogP contribution in [0.4, 0.5) is 0 Å². The average Bonchev–Trinajstić information content (AvgIpc) is 2.50. The number of nitrogens with one attached hydrogen (secondary N) is 1. The fourth-order valence-electron chi connectivity index (χ4n) is 2.28. The summed E-state index contributed by atoms with van der Waals surface area (Å²) in [6.07, 6.45) is 0.128. The highest BCUT2D eigenvalue weighted by molar-refractivity contribution is 7.89. The molecule has 8 heteroatoms. The molecule has 0 heterocycles. The molecule has 1 aromatic carbocycles. The summed E-state index contributed by atoms with van der Waals surface area (Å²) < 4.78 is 27.6. The van der Waals surface area contributed by atoms with Crippen molar-refractivity contribution in [3.8, 4) is 0 Å². The van der Waals surface area contributed by atoms with Gasteiger partial charge in [0, 0.05) is 13.6 Å². The zero-order valence-corrected chi connectivity index (χ0v) is 15.8. The fraction of sp³-hybridized carbons (Fsp3) is 0.529. The first kappa shape index (κ1) is 21.1. The Bertz CT molecular complexity index is 698. The molecule has 0 aliphatic rings. The molecule has 0 bridgehead atoms. The van der Waals surface area contributed by atoms with E-state index in [-0.39, 0.29) is 23.8 Å². The number of hydrogen-bond donors (Lipinski definition) is 2. The van der Waals surface area contributed by atoms with Gasteiger partial charge in [-0.2, -0.15) is 4.72 Å². The van der Waals surface area contributed by atoms with Crippen LogP contribution in [0.3, 0.4) is 0 Å². The molecular weight excluding hydrogens is 344 g/mol. The van der Waals surface area contributed by atoms with Crippen LogP contribution in [-0.2, 0) is 19.6 Å². The van der Waals surface area contributed by atoms with Gasteiger partial charge in [0.05, 0.1) is 11.3 Å². The van der Waals surface area contributed by atoms with Gasteiger partial charge in [0.15, 0.2) is 0 Å². The van der Waals surface area contributed by atoms with Crippen LogP contribution in [-0.4, -0.2) is 49.9 Å². The van der Waals surface area contributed by atoms with Crippen LogP contribution < -0.4 is 4.72 Å². The Kier molecular flexibility index (Phi) is 7.57. The second-order valence-electron chi connectivity index (χ2n) is 6.52. The first-order valence-electron chi connectivity index (χ1n) is 8.08. The number of aliphatic carboxylic acids is 1. The molecule has 1 rings (SSSR count). The van der Waals surface area contributed by atoms with E-state index in [9.17, 15) is 18.0 Å². The van der Waals surface area contributed by atoms with Gasteiger partial charge in [0.2, 0.25) is 15.9 Å². The van der Waals surface area contributed by atoms with Crippen LogP contribution in [0.1, 0.15) is 32.3 Å². The summed E-state index contributed by atoms with van der Waals surface area (Å²) in [5.74, 6) is -1.37. The number of hydrogen-bond acceptors (Lipinski definition) is 4. The number of benzene rings is 1. The van der Waals surface area contributed by atoms with Crippen molar-refractivity contribution in [2.45, 2.75) is 44.6 Å². The van der Waals surface area contributed by atoms with E-state index in [4.69, 9.17) is 5.11 Å². The number of carbonyl (C=O) groups excluding carboxylic acids is 1. The van der Waals surface area contributed by atoms with Gasteiger partial charge in [-0.05, 0) is 31.4 Å². The van der Waals surface area contributed by atoms with Crippen LogP contribution in [0.5, 0.6) is 0 Å². The third kappa shape index (κ3) is 6.83. The Balaban J connectivity index is 2.96. The molecule has 0 saturated carbocycles. The van der Waals surface area contributed by atoms with Crippen LogP contribution in [0.25, 0.3) is 0 Å². The fourth-order valence-corrected chi connectivity index (χ4v) is 3.49. The Labute approximate surface area is 149 Å². The number of rotatable bonds is 9. The Morgan fingerprint density at radius 3 is 2.24 bits per heavy atom. The van der Waals surface area contributed by atoms with Crippen molar-refractivity contribution in [3.05, 3.63) is 29.8 Å². The van der Waals surface area contributed by atoms with E-state index < -0.39 is 27.9 Å². The van der Waals surface area contributed by atoms with Gasteiger partial charge < -0.3 is 10.0 Å². The smallest absolute Gasteiger partial charge is 0.305 e. The number of carbonyl (C=O) groups is 2. The molecule has 2 N–H and O–H groups in total. The maximum Gasteiger partial charge on any atom is 0.305 e. The number of aryl methyl sites for hydroxylation is 1. The topological polar surface area (TPSA) is 104 Å². The van der Waals surface area contributed by atoms with Crippen molar-refractivity contribution in [2.24, 2.45) is 5.92 Å². The van der Waals surface area contributed by atoms with E-state index in [0.29, 0.717) is 6.42 Å². The number of sulfonamides is 1. The van der Waals surface area contributed by atoms with Gasteiger partial charge >= 0.3 is 5.97 Å². The van der Waals surface area contributed by atoms with Crippen molar-refractivity contribution in [3.63, 3.8) is 0 Å². The molecule has 7 nitrogen and oxygen atoms in total. The van der Waals surface area contributed by atoms with Gasteiger partial charge in [0.1, 0.15) is 6.04 Å². The normalized spacial score (nSPS) is 12.8. The molecule has 1 atom stereocenters. The summed E-state index contributed by atoms with van der Waals surface area (Å²) in [6, 6.07) is 5.41. The summed E-state index contributed by atoms with van der Waals surface area (Å²) in [5, 5.41) is 8.74. The predicted molar refractivity (Wildman–Crippen MR) is 94.6 cm³/mol. The van der Waals surface area contributed by atoms with Crippen LogP contribution >= 0.6 is 0 Å². The minimum absolute atomic E-state index is 0.0228. The summed E-state index contributed by atoms with van der Waals surface area (Å²) in [7, 11) is -2.37. The molecule has 0 saturated heterocycles. The maximum absolute atomic E-state index is 12.6.